The van der Waals surface area contributed by atoms with E-state index in [-0.39, 0.29) is 11.8 Å². The lowest BCUT2D eigenvalue weighted by Gasteiger charge is -2.08. The van der Waals surface area contributed by atoms with E-state index >= 15 is 0 Å². The number of ether oxygens (including phenoxy) is 1. The zero-order chi connectivity index (χ0) is 20.3. The van der Waals surface area contributed by atoms with Crippen molar-refractivity contribution < 1.29 is 14.3 Å². The van der Waals surface area contributed by atoms with Gasteiger partial charge in [-0.2, -0.15) is 0 Å². The van der Waals surface area contributed by atoms with Crippen molar-refractivity contribution in [2.75, 3.05) is 12.4 Å². The molecule has 1 aromatic heterocycles. The molecular formula is C22H24N2O3S. The zero-order valence-electron chi connectivity index (χ0n) is 16.6. The van der Waals surface area contributed by atoms with E-state index in [1.807, 2.05) is 45.0 Å². The van der Waals surface area contributed by atoms with E-state index in [9.17, 15) is 9.59 Å². The third kappa shape index (κ3) is 4.12. The van der Waals surface area contributed by atoms with Gasteiger partial charge in [-0.1, -0.05) is 29.5 Å². The molecule has 0 spiro atoms. The van der Waals surface area contributed by atoms with Gasteiger partial charge < -0.3 is 9.30 Å². The molecule has 28 heavy (non-hydrogen) atoms. The maximum atomic E-state index is 12.7. The maximum Gasteiger partial charge on any atom is 0.338 e. The topological polar surface area (TPSA) is 61.2 Å². The molecule has 0 amide bonds. The van der Waals surface area contributed by atoms with E-state index < -0.39 is 0 Å². The predicted octanol–water partition coefficient (Wildman–Crippen LogP) is 4.82. The number of thioether (sulfide) groups is 1. The summed E-state index contributed by atoms with van der Waals surface area (Å²) in [5.41, 5.74) is 4.98. The third-order valence-electron chi connectivity index (χ3n) is 4.57. The largest absolute Gasteiger partial charge is 0.462 e. The van der Waals surface area contributed by atoms with E-state index in [1.165, 1.54) is 11.8 Å². The smallest absolute Gasteiger partial charge is 0.338 e. The fourth-order valence-corrected chi connectivity index (χ4v) is 4.07. The van der Waals surface area contributed by atoms with Crippen molar-refractivity contribution in [1.82, 2.24) is 9.55 Å². The number of nitrogens with zero attached hydrogens (tertiary/aromatic N) is 2. The van der Waals surface area contributed by atoms with Crippen LogP contribution in [0.15, 0.2) is 41.6 Å². The lowest BCUT2D eigenvalue weighted by molar-refractivity contribution is 0.0526. The summed E-state index contributed by atoms with van der Waals surface area (Å²) >= 11 is 1.43. The highest BCUT2D eigenvalue weighted by molar-refractivity contribution is 7.99. The molecule has 0 aliphatic carbocycles. The monoisotopic (exact) mass is 396 g/mol. The van der Waals surface area contributed by atoms with Crippen molar-refractivity contribution >= 4 is 34.5 Å². The second-order valence-electron chi connectivity index (χ2n) is 6.59. The van der Waals surface area contributed by atoms with Gasteiger partial charge in [-0.05, 0) is 57.5 Å². The van der Waals surface area contributed by atoms with E-state index in [4.69, 9.17) is 4.74 Å². The van der Waals surface area contributed by atoms with Gasteiger partial charge in [0.15, 0.2) is 10.9 Å². The Bertz CT molecular complexity index is 1040. The summed E-state index contributed by atoms with van der Waals surface area (Å²) in [5, 5.41) is 0.775. The average Bonchev–Trinajstić information content (AvgIpc) is 3.04. The molecule has 0 unspecified atom stereocenters. The fraction of sp³-hybridized carbons (Fsp3) is 0.318. The first-order chi connectivity index (χ1) is 13.4. The SMILES string of the molecule is CCOC(=O)c1ccc2c(c1)nc(SCC(=O)c1cc(C)ccc1C)n2CC. The van der Waals surface area contributed by atoms with Crippen LogP contribution in [0.1, 0.15) is 45.7 Å². The summed E-state index contributed by atoms with van der Waals surface area (Å²) in [6, 6.07) is 11.3. The molecule has 3 aromatic rings. The molecule has 6 heteroatoms. The first kappa shape index (κ1) is 20.1. The van der Waals surface area contributed by atoms with Crippen LogP contribution in [0, 0.1) is 13.8 Å². The number of esters is 1. The number of rotatable bonds is 7. The third-order valence-corrected chi connectivity index (χ3v) is 5.54. The molecule has 0 fully saturated rings. The minimum atomic E-state index is -0.352. The molecule has 1 heterocycles. The summed E-state index contributed by atoms with van der Waals surface area (Å²) in [4.78, 5) is 29.3. The van der Waals surface area contributed by atoms with Gasteiger partial charge in [-0.3, -0.25) is 4.79 Å². The molecule has 0 radical (unpaired) electrons. The second-order valence-corrected chi connectivity index (χ2v) is 7.54. The molecule has 0 saturated heterocycles. The van der Waals surface area contributed by atoms with Crippen LogP contribution in [-0.2, 0) is 11.3 Å². The maximum absolute atomic E-state index is 12.7. The second kappa shape index (κ2) is 8.61. The van der Waals surface area contributed by atoms with Crippen LogP contribution in [0.25, 0.3) is 11.0 Å². The van der Waals surface area contributed by atoms with Gasteiger partial charge in [0.2, 0.25) is 0 Å². The van der Waals surface area contributed by atoms with Crippen molar-refractivity contribution in [2.24, 2.45) is 0 Å². The number of aromatic nitrogens is 2. The van der Waals surface area contributed by atoms with Gasteiger partial charge in [0.1, 0.15) is 0 Å². The first-order valence-corrected chi connectivity index (χ1v) is 10.3. The van der Waals surface area contributed by atoms with Gasteiger partial charge in [0.05, 0.1) is 29.0 Å². The predicted molar refractivity (Wildman–Crippen MR) is 112 cm³/mol. The molecule has 0 aliphatic rings. The van der Waals surface area contributed by atoms with Crippen molar-refractivity contribution in [3.05, 3.63) is 58.7 Å². The van der Waals surface area contributed by atoms with Crippen molar-refractivity contribution in [3.8, 4) is 0 Å². The Morgan fingerprint density at radius 2 is 1.89 bits per heavy atom. The van der Waals surface area contributed by atoms with Crippen LogP contribution in [0.5, 0.6) is 0 Å². The number of Topliss-reactive ketones (excluding diaryl/α,β-unsaturated/α-hetero) is 1. The molecule has 146 valence electrons. The van der Waals surface area contributed by atoms with Crippen LogP contribution < -0.4 is 0 Å². The molecule has 0 N–H and O–H groups in total. The highest BCUT2D eigenvalue weighted by Gasteiger charge is 2.16. The van der Waals surface area contributed by atoms with Gasteiger partial charge in [0, 0.05) is 12.1 Å². The van der Waals surface area contributed by atoms with E-state index in [1.54, 1.807) is 19.1 Å². The normalized spacial score (nSPS) is 11.0. The number of hydrogen-bond donors (Lipinski definition) is 0. The standard InChI is InChI=1S/C22H24N2O3S/c1-5-24-19-10-9-16(21(26)27-6-2)12-18(19)23-22(24)28-13-20(25)17-11-14(3)7-8-15(17)4/h7-12H,5-6,13H2,1-4H3. The van der Waals surface area contributed by atoms with Crippen LogP contribution in [0.3, 0.4) is 0 Å². The molecule has 3 rings (SSSR count). The molecule has 2 aromatic carbocycles. The van der Waals surface area contributed by atoms with Crippen LogP contribution in [-0.4, -0.2) is 33.7 Å². The molecule has 0 bridgehead atoms. The van der Waals surface area contributed by atoms with E-state index in [0.29, 0.717) is 17.9 Å². The zero-order valence-corrected chi connectivity index (χ0v) is 17.4. The van der Waals surface area contributed by atoms with Crippen LogP contribution in [0.2, 0.25) is 0 Å². The summed E-state index contributed by atoms with van der Waals surface area (Å²) in [6.45, 7) is 8.83. The van der Waals surface area contributed by atoms with Crippen LogP contribution in [0.4, 0.5) is 0 Å². The lowest BCUT2D eigenvalue weighted by atomic mass is 10.0. The Morgan fingerprint density at radius 3 is 2.61 bits per heavy atom. The van der Waals surface area contributed by atoms with Gasteiger partial charge in [-0.25, -0.2) is 9.78 Å². The van der Waals surface area contributed by atoms with Gasteiger partial charge in [-0.15, -0.1) is 0 Å². The fourth-order valence-electron chi connectivity index (χ4n) is 3.11. The number of hydrogen-bond acceptors (Lipinski definition) is 5. The van der Waals surface area contributed by atoms with Gasteiger partial charge in [0.25, 0.3) is 0 Å². The number of fused-ring (bicyclic) bond motifs is 1. The summed E-state index contributed by atoms with van der Waals surface area (Å²) in [6.07, 6.45) is 0. The number of carbonyl (C=O) groups is 2. The minimum Gasteiger partial charge on any atom is -0.462 e. The average molecular weight is 397 g/mol. The summed E-state index contributed by atoms with van der Waals surface area (Å²) in [5.74, 6) is 0.0566. The molecule has 0 atom stereocenters. The van der Waals surface area contributed by atoms with Crippen molar-refractivity contribution in [1.29, 1.82) is 0 Å². The van der Waals surface area contributed by atoms with E-state index in [2.05, 4.69) is 9.55 Å². The molecule has 5 nitrogen and oxygen atoms in total. The Kier molecular flexibility index (Phi) is 6.19. The lowest BCUT2D eigenvalue weighted by Crippen LogP contribution is -2.06. The first-order valence-electron chi connectivity index (χ1n) is 9.35. The number of carbonyl (C=O) groups excluding carboxylic acids is 2. The summed E-state index contributed by atoms with van der Waals surface area (Å²) < 4.78 is 7.13. The quantitative estimate of drug-likeness (QED) is 0.325. The van der Waals surface area contributed by atoms with E-state index in [0.717, 1.165) is 39.4 Å². The van der Waals surface area contributed by atoms with Crippen molar-refractivity contribution in [3.63, 3.8) is 0 Å². The van der Waals surface area contributed by atoms with Gasteiger partial charge >= 0.3 is 5.97 Å². The summed E-state index contributed by atoms with van der Waals surface area (Å²) in [7, 11) is 0. The minimum absolute atomic E-state index is 0.0909. The number of benzene rings is 2. The number of ketones is 1. The highest BCUT2D eigenvalue weighted by Crippen LogP contribution is 2.26. The molecule has 0 saturated carbocycles. The number of imidazole rings is 1. The Morgan fingerprint density at radius 1 is 1.11 bits per heavy atom. The van der Waals surface area contributed by atoms with Crippen molar-refractivity contribution in [2.45, 2.75) is 39.4 Å². The van der Waals surface area contributed by atoms with Crippen LogP contribution >= 0.6 is 11.8 Å². The molecular weight excluding hydrogens is 372 g/mol. The Balaban J connectivity index is 1.85. The number of aryl methyl sites for hydroxylation is 3. The highest BCUT2D eigenvalue weighted by atomic mass is 32.2. The molecule has 0 aliphatic heterocycles. The Labute approximate surface area is 169 Å². The Hall–Kier alpha value is -2.60.